The number of thioether (sulfide) groups is 1. The monoisotopic (exact) mass is 435 g/mol. The lowest BCUT2D eigenvalue weighted by atomic mass is 9.97. The molecule has 2 N–H and O–H groups in total. The molecular weight excluding hydrogens is 414 g/mol. The summed E-state index contributed by atoms with van der Waals surface area (Å²) in [5.74, 6) is 0.442. The van der Waals surface area contributed by atoms with Crippen LogP contribution in [0.3, 0.4) is 0 Å². The first-order chi connectivity index (χ1) is 13.4. The van der Waals surface area contributed by atoms with Crippen LogP contribution in [0.25, 0.3) is 15.9 Å². The minimum absolute atomic E-state index is 0.0375. The van der Waals surface area contributed by atoms with E-state index >= 15 is 0 Å². The minimum atomic E-state index is -3.49. The van der Waals surface area contributed by atoms with Crippen LogP contribution in [0.2, 0.25) is 0 Å². The topological polar surface area (TPSA) is 95.1 Å². The summed E-state index contributed by atoms with van der Waals surface area (Å²) in [6, 6.07) is 9.48. The van der Waals surface area contributed by atoms with Gasteiger partial charge in [0.1, 0.15) is 4.83 Å². The molecule has 2 aromatic heterocycles. The van der Waals surface area contributed by atoms with Gasteiger partial charge in [0.25, 0.3) is 5.56 Å². The van der Waals surface area contributed by atoms with Gasteiger partial charge in [-0.25, -0.2) is 18.5 Å². The average Bonchev–Trinajstić information content (AvgIpc) is 3.04. The van der Waals surface area contributed by atoms with Crippen LogP contribution < -0.4 is 10.7 Å². The molecule has 9 heteroatoms. The molecule has 0 saturated heterocycles. The molecule has 0 unspecified atom stereocenters. The molecule has 0 fully saturated rings. The van der Waals surface area contributed by atoms with Gasteiger partial charge in [0.2, 0.25) is 10.0 Å². The summed E-state index contributed by atoms with van der Waals surface area (Å²) in [5.41, 5.74) is 1.90. The number of benzene rings is 1. The molecule has 4 rings (SSSR count). The number of nitrogens with zero attached hydrogens (tertiary/aromatic N) is 2. The summed E-state index contributed by atoms with van der Waals surface area (Å²) < 4.78 is 24.0. The van der Waals surface area contributed by atoms with Crippen LogP contribution in [0.4, 0.5) is 0 Å². The van der Waals surface area contributed by atoms with Crippen molar-refractivity contribution in [3.63, 3.8) is 0 Å². The fourth-order valence-corrected chi connectivity index (χ4v) is 6.49. The first-order valence-electron chi connectivity index (χ1n) is 9.20. The Labute approximate surface area is 171 Å². The Morgan fingerprint density at radius 2 is 1.93 bits per heavy atom. The maximum atomic E-state index is 13.5. The number of primary sulfonamides is 1. The number of hydrogen-bond donors (Lipinski definition) is 1. The number of nitrogens with two attached hydrogens (primary N) is 1. The quantitative estimate of drug-likeness (QED) is 0.365. The van der Waals surface area contributed by atoms with E-state index in [0.717, 1.165) is 41.6 Å². The van der Waals surface area contributed by atoms with Gasteiger partial charge in [-0.2, -0.15) is 0 Å². The molecule has 0 atom stereocenters. The largest absolute Gasteiger partial charge is 0.268 e. The zero-order valence-corrected chi connectivity index (χ0v) is 17.7. The van der Waals surface area contributed by atoms with Gasteiger partial charge in [-0.15, -0.1) is 11.3 Å². The second-order valence-corrected chi connectivity index (χ2v) is 10.7. The summed E-state index contributed by atoms with van der Waals surface area (Å²) in [6.45, 7) is 0. The van der Waals surface area contributed by atoms with Crippen molar-refractivity contribution in [3.8, 4) is 5.69 Å². The highest BCUT2D eigenvalue weighted by atomic mass is 32.2. The van der Waals surface area contributed by atoms with E-state index in [4.69, 9.17) is 10.1 Å². The van der Waals surface area contributed by atoms with Gasteiger partial charge in [-0.1, -0.05) is 30.0 Å². The Balaban J connectivity index is 1.79. The molecule has 1 aromatic carbocycles. The molecule has 0 bridgehead atoms. The molecule has 0 radical (unpaired) electrons. The van der Waals surface area contributed by atoms with Gasteiger partial charge in [0.15, 0.2) is 5.16 Å². The maximum Gasteiger partial charge on any atom is 0.267 e. The van der Waals surface area contributed by atoms with Crippen molar-refractivity contribution in [1.82, 2.24) is 9.55 Å². The molecule has 1 aliphatic rings. The predicted molar refractivity (Wildman–Crippen MR) is 115 cm³/mol. The Bertz CT molecular complexity index is 1170. The Morgan fingerprint density at radius 3 is 2.68 bits per heavy atom. The van der Waals surface area contributed by atoms with E-state index in [9.17, 15) is 13.2 Å². The van der Waals surface area contributed by atoms with Gasteiger partial charge in [-0.05, 0) is 49.8 Å². The lowest BCUT2D eigenvalue weighted by Gasteiger charge is -2.13. The van der Waals surface area contributed by atoms with E-state index in [0.29, 0.717) is 17.3 Å². The van der Waals surface area contributed by atoms with Gasteiger partial charge < -0.3 is 0 Å². The van der Waals surface area contributed by atoms with E-state index in [-0.39, 0.29) is 11.3 Å². The number of thiophene rings is 1. The van der Waals surface area contributed by atoms with Gasteiger partial charge in [-0.3, -0.25) is 9.36 Å². The van der Waals surface area contributed by atoms with Crippen LogP contribution in [0.5, 0.6) is 0 Å². The maximum absolute atomic E-state index is 13.5. The molecule has 0 aliphatic heterocycles. The van der Waals surface area contributed by atoms with E-state index < -0.39 is 10.0 Å². The number of para-hydroxylation sites is 1. The Kier molecular flexibility index (Phi) is 5.59. The molecule has 28 heavy (non-hydrogen) atoms. The second kappa shape index (κ2) is 7.98. The van der Waals surface area contributed by atoms with E-state index in [1.165, 1.54) is 22.2 Å². The summed E-state index contributed by atoms with van der Waals surface area (Å²) in [4.78, 5) is 20.4. The van der Waals surface area contributed by atoms with Crippen LogP contribution in [0.15, 0.2) is 40.3 Å². The van der Waals surface area contributed by atoms with Crippen LogP contribution >= 0.6 is 23.1 Å². The number of sulfonamides is 1. The SMILES string of the molecule is NS(=O)(=O)CCCSc1nc2sc3c(c2c(=O)n1-c1ccccc1)CCCC3. The number of fused-ring (bicyclic) bond motifs is 3. The fourth-order valence-electron chi connectivity index (χ4n) is 3.51. The second-order valence-electron chi connectivity index (χ2n) is 6.83. The fraction of sp³-hybridized carbons (Fsp3) is 0.368. The molecular formula is C19H21N3O3S3. The molecule has 0 saturated carbocycles. The van der Waals surface area contributed by atoms with Crippen LogP contribution in [0.1, 0.15) is 29.7 Å². The first kappa shape index (κ1) is 19.6. The van der Waals surface area contributed by atoms with Gasteiger partial charge in [0.05, 0.1) is 16.8 Å². The minimum Gasteiger partial charge on any atom is -0.268 e. The van der Waals surface area contributed by atoms with E-state index in [1.807, 2.05) is 30.3 Å². The third-order valence-electron chi connectivity index (χ3n) is 4.78. The van der Waals surface area contributed by atoms with Gasteiger partial charge in [0, 0.05) is 10.6 Å². The van der Waals surface area contributed by atoms with Crippen LogP contribution in [-0.4, -0.2) is 29.5 Å². The van der Waals surface area contributed by atoms with Crippen molar-refractivity contribution in [3.05, 3.63) is 51.1 Å². The number of rotatable bonds is 6. The third kappa shape index (κ3) is 4.03. The summed E-state index contributed by atoms with van der Waals surface area (Å²) in [6.07, 6.45) is 4.61. The van der Waals surface area contributed by atoms with Crippen molar-refractivity contribution in [2.45, 2.75) is 37.3 Å². The van der Waals surface area contributed by atoms with Crippen molar-refractivity contribution in [1.29, 1.82) is 0 Å². The number of hydrogen-bond acceptors (Lipinski definition) is 6. The highest BCUT2D eigenvalue weighted by Gasteiger charge is 2.22. The van der Waals surface area contributed by atoms with Crippen molar-refractivity contribution in [2.24, 2.45) is 5.14 Å². The van der Waals surface area contributed by atoms with E-state index in [2.05, 4.69) is 0 Å². The zero-order valence-electron chi connectivity index (χ0n) is 15.3. The third-order valence-corrected chi connectivity index (χ3v) is 7.85. The predicted octanol–water partition coefficient (Wildman–Crippen LogP) is 3.10. The zero-order chi connectivity index (χ0) is 19.7. The van der Waals surface area contributed by atoms with Crippen LogP contribution in [0, 0.1) is 0 Å². The average molecular weight is 436 g/mol. The number of aromatic nitrogens is 2. The first-order valence-corrected chi connectivity index (χ1v) is 12.7. The van der Waals surface area contributed by atoms with Crippen molar-refractivity contribution < 1.29 is 8.42 Å². The van der Waals surface area contributed by atoms with Crippen molar-refractivity contribution in [2.75, 3.05) is 11.5 Å². The number of aryl methyl sites for hydroxylation is 2. The summed E-state index contributed by atoms with van der Waals surface area (Å²) >= 11 is 3.02. The lowest BCUT2D eigenvalue weighted by Crippen LogP contribution is -2.22. The van der Waals surface area contributed by atoms with Crippen molar-refractivity contribution >= 4 is 43.3 Å². The highest BCUT2D eigenvalue weighted by molar-refractivity contribution is 7.99. The molecule has 148 valence electrons. The molecule has 0 spiro atoms. The highest BCUT2D eigenvalue weighted by Crippen LogP contribution is 2.35. The molecule has 1 aliphatic carbocycles. The van der Waals surface area contributed by atoms with Gasteiger partial charge >= 0.3 is 0 Å². The summed E-state index contributed by atoms with van der Waals surface area (Å²) in [7, 11) is -3.49. The Hall–Kier alpha value is -1.68. The normalized spacial score (nSPS) is 14.3. The van der Waals surface area contributed by atoms with E-state index in [1.54, 1.807) is 15.9 Å². The molecule has 2 heterocycles. The standard InChI is InChI=1S/C19H21N3O3S3/c20-28(24,25)12-6-11-26-19-21-17-16(14-9-4-5-10-15(14)27-17)18(23)22(19)13-7-2-1-3-8-13/h1-3,7-8H,4-6,9-12H2,(H2,20,24,25). The Morgan fingerprint density at radius 1 is 1.18 bits per heavy atom. The molecule has 0 amide bonds. The lowest BCUT2D eigenvalue weighted by molar-refractivity contribution is 0.596. The smallest absolute Gasteiger partial charge is 0.267 e. The van der Waals surface area contributed by atoms with Crippen LogP contribution in [-0.2, 0) is 22.9 Å². The molecule has 3 aromatic rings. The summed E-state index contributed by atoms with van der Waals surface area (Å²) in [5, 5.41) is 6.43. The molecule has 6 nitrogen and oxygen atoms in total.